The van der Waals surface area contributed by atoms with Crippen molar-refractivity contribution in [1.29, 1.82) is 0 Å². The molecule has 20 heavy (non-hydrogen) atoms. The van der Waals surface area contributed by atoms with E-state index in [4.69, 9.17) is 4.74 Å². The molecule has 0 heterocycles. The first-order valence-corrected chi connectivity index (χ1v) is 5.99. The average Bonchev–Trinajstić information content (AvgIpc) is 2.31. The van der Waals surface area contributed by atoms with Gasteiger partial charge in [-0.05, 0) is 13.3 Å². The number of hydrogen-bond donors (Lipinski definition) is 2. The van der Waals surface area contributed by atoms with E-state index in [0.717, 1.165) is 0 Å². The van der Waals surface area contributed by atoms with Crippen LogP contribution in [0, 0.1) is 0 Å². The van der Waals surface area contributed by atoms with E-state index in [1.165, 1.54) is 0 Å². The maximum atomic E-state index is 11.8. The van der Waals surface area contributed by atoms with Crippen molar-refractivity contribution in [3.8, 4) is 0 Å². The van der Waals surface area contributed by atoms with Gasteiger partial charge in [-0.2, -0.15) is 13.2 Å². The summed E-state index contributed by atoms with van der Waals surface area (Å²) in [5.74, 6) is 0.584. The molecule has 0 spiro atoms. The fourth-order valence-corrected chi connectivity index (χ4v) is 1.29. The summed E-state index contributed by atoms with van der Waals surface area (Å²) >= 11 is 0. The zero-order valence-electron chi connectivity index (χ0n) is 11.9. The molecule has 0 aromatic heterocycles. The van der Waals surface area contributed by atoms with Crippen LogP contribution in [-0.4, -0.2) is 58.7 Å². The van der Waals surface area contributed by atoms with Crippen LogP contribution in [0.3, 0.4) is 0 Å². The van der Waals surface area contributed by atoms with Crippen molar-refractivity contribution < 1.29 is 22.6 Å². The van der Waals surface area contributed by atoms with E-state index in [1.54, 1.807) is 14.2 Å². The molecule has 0 radical (unpaired) electrons. The first-order valence-electron chi connectivity index (χ1n) is 5.99. The Kier molecular flexibility index (Phi) is 13.7. The van der Waals surface area contributed by atoms with Gasteiger partial charge in [-0.15, -0.1) is 24.0 Å². The van der Waals surface area contributed by atoms with E-state index in [9.17, 15) is 13.2 Å². The van der Waals surface area contributed by atoms with Crippen LogP contribution >= 0.6 is 24.0 Å². The highest BCUT2D eigenvalue weighted by Crippen LogP contribution is 2.14. The van der Waals surface area contributed by atoms with E-state index >= 15 is 0 Å². The van der Waals surface area contributed by atoms with Gasteiger partial charge in [-0.3, -0.25) is 4.99 Å². The molecule has 0 aromatic rings. The van der Waals surface area contributed by atoms with Gasteiger partial charge in [-0.25, -0.2) is 0 Å². The van der Waals surface area contributed by atoms with Gasteiger partial charge in [0.15, 0.2) is 5.96 Å². The monoisotopic (exact) mass is 413 g/mol. The summed E-state index contributed by atoms with van der Waals surface area (Å²) in [4.78, 5) is 3.99. The van der Waals surface area contributed by atoms with Crippen molar-refractivity contribution in [1.82, 2.24) is 10.6 Å². The van der Waals surface area contributed by atoms with Gasteiger partial charge in [0.25, 0.3) is 0 Å². The number of nitrogens with one attached hydrogen (secondary N) is 2. The summed E-state index contributed by atoms with van der Waals surface area (Å²) in [5.41, 5.74) is 0. The van der Waals surface area contributed by atoms with Crippen LogP contribution in [0.2, 0.25) is 0 Å². The van der Waals surface area contributed by atoms with Crippen molar-refractivity contribution in [3.63, 3.8) is 0 Å². The minimum absolute atomic E-state index is 0. The molecule has 0 saturated carbocycles. The molecule has 0 amide bonds. The molecule has 122 valence electrons. The van der Waals surface area contributed by atoms with Crippen molar-refractivity contribution >= 4 is 29.9 Å². The number of nitrogens with zero attached hydrogens (tertiary/aromatic N) is 1. The number of ether oxygens (including phenoxy) is 2. The van der Waals surface area contributed by atoms with Gasteiger partial charge in [0.2, 0.25) is 0 Å². The summed E-state index contributed by atoms with van der Waals surface area (Å²) in [6.45, 7) is 1.80. The topological polar surface area (TPSA) is 54.9 Å². The van der Waals surface area contributed by atoms with Crippen molar-refractivity contribution in [3.05, 3.63) is 0 Å². The highest BCUT2D eigenvalue weighted by Gasteiger charge is 2.27. The number of guanidine groups is 1. The summed E-state index contributed by atoms with van der Waals surface area (Å²) in [6.07, 6.45) is -3.80. The molecular weight excluding hydrogens is 390 g/mol. The molecule has 0 aliphatic rings. The Balaban J connectivity index is 0. The molecule has 1 unspecified atom stereocenters. The van der Waals surface area contributed by atoms with E-state index < -0.39 is 12.8 Å². The first kappa shape index (κ1) is 22.0. The lowest BCUT2D eigenvalue weighted by Gasteiger charge is -2.17. The maximum Gasteiger partial charge on any atom is 0.411 e. The number of rotatable bonds is 8. The summed E-state index contributed by atoms with van der Waals surface area (Å²) in [5, 5.41) is 6.05. The Morgan fingerprint density at radius 2 is 2.00 bits per heavy atom. The largest absolute Gasteiger partial charge is 0.411 e. The Bertz CT molecular complexity index is 266. The van der Waals surface area contributed by atoms with Gasteiger partial charge in [-0.1, -0.05) is 0 Å². The van der Waals surface area contributed by atoms with E-state index in [2.05, 4.69) is 20.4 Å². The van der Waals surface area contributed by atoms with E-state index in [0.29, 0.717) is 25.5 Å². The first-order chi connectivity index (χ1) is 8.89. The second-order valence-corrected chi connectivity index (χ2v) is 4.02. The quantitative estimate of drug-likeness (QED) is 0.276. The molecule has 0 rings (SSSR count). The third kappa shape index (κ3) is 14.1. The third-order valence-corrected chi connectivity index (χ3v) is 2.05. The van der Waals surface area contributed by atoms with Gasteiger partial charge in [0, 0.05) is 33.4 Å². The molecule has 0 aliphatic heterocycles. The van der Waals surface area contributed by atoms with Gasteiger partial charge < -0.3 is 20.1 Å². The normalized spacial score (nSPS) is 13.6. The second kappa shape index (κ2) is 12.5. The van der Waals surface area contributed by atoms with Crippen LogP contribution in [-0.2, 0) is 9.47 Å². The third-order valence-electron chi connectivity index (χ3n) is 2.05. The van der Waals surface area contributed by atoms with Crippen LogP contribution in [0.15, 0.2) is 4.99 Å². The minimum atomic E-state index is -4.26. The van der Waals surface area contributed by atoms with Gasteiger partial charge >= 0.3 is 6.18 Å². The molecule has 0 bridgehead atoms. The molecule has 5 nitrogen and oxygen atoms in total. The number of aliphatic imine (C=N–C) groups is 1. The lowest BCUT2D eigenvalue weighted by atomic mass is 10.4. The SMILES string of the molecule is CN=C(NCCCOCC(F)(F)F)NC(C)COC.I. The van der Waals surface area contributed by atoms with E-state index in [1.807, 2.05) is 6.92 Å². The van der Waals surface area contributed by atoms with Crippen LogP contribution in [0.4, 0.5) is 13.2 Å². The highest BCUT2D eigenvalue weighted by atomic mass is 127. The highest BCUT2D eigenvalue weighted by molar-refractivity contribution is 14.0. The Labute approximate surface area is 134 Å². The molecule has 2 N–H and O–H groups in total. The van der Waals surface area contributed by atoms with Gasteiger partial charge in [0.05, 0.1) is 6.61 Å². The molecule has 0 aliphatic carbocycles. The summed E-state index contributed by atoms with van der Waals surface area (Å²) < 4.78 is 44.8. The molecule has 0 aromatic carbocycles. The minimum Gasteiger partial charge on any atom is -0.383 e. The number of halogens is 4. The molecule has 1 atom stereocenters. The van der Waals surface area contributed by atoms with Crippen LogP contribution in [0.1, 0.15) is 13.3 Å². The average molecular weight is 413 g/mol. The van der Waals surface area contributed by atoms with Crippen molar-refractivity contribution in [2.75, 3.05) is 40.5 Å². The summed E-state index contributed by atoms with van der Waals surface area (Å²) in [7, 11) is 3.22. The molecular formula is C11H23F3IN3O2. The predicted octanol–water partition coefficient (Wildman–Crippen LogP) is 1.77. The van der Waals surface area contributed by atoms with Crippen LogP contribution < -0.4 is 10.6 Å². The second-order valence-electron chi connectivity index (χ2n) is 4.02. The zero-order chi connectivity index (χ0) is 14.7. The smallest absolute Gasteiger partial charge is 0.383 e. The Morgan fingerprint density at radius 1 is 1.35 bits per heavy atom. The van der Waals surface area contributed by atoms with Crippen LogP contribution in [0.5, 0.6) is 0 Å². The number of methoxy groups -OCH3 is 1. The molecule has 9 heteroatoms. The fraction of sp³-hybridized carbons (Fsp3) is 0.909. The lowest BCUT2D eigenvalue weighted by molar-refractivity contribution is -0.173. The number of hydrogen-bond acceptors (Lipinski definition) is 3. The van der Waals surface area contributed by atoms with E-state index in [-0.39, 0.29) is 36.6 Å². The fourth-order valence-electron chi connectivity index (χ4n) is 1.29. The molecule has 0 saturated heterocycles. The zero-order valence-corrected chi connectivity index (χ0v) is 14.2. The maximum absolute atomic E-state index is 11.8. The molecule has 0 fully saturated rings. The van der Waals surface area contributed by atoms with Gasteiger partial charge in [0.1, 0.15) is 6.61 Å². The van der Waals surface area contributed by atoms with Crippen molar-refractivity contribution in [2.24, 2.45) is 4.99 Å². The van der Waals surface area contributed by atoms with Crippen LogP contribution in [0.25, 0.3) is 0 Å². The summed E-state index contributed by atoms with van der Waals surface area (Å²) in [6, 6.07) is 0.0951. The van der Waals surface area contributed by atoms with Crippen molar-refractivity contribution in [2.45, 2.75) is 25.6 Å². The predicted molar refractivity (Wildman–Crippen MR) is 82.7 cm³/mol. The lowest BCUT2D eigenvalue weighted by Crippen LogP contribution is -2.44. The standard InChI is InChI=1S/C11H22F3N3O2.HI/c1-9(7-18-3)17-10(15-2)16-5-4-6-19-8-11(12,13)14;/h9H,4-8H2,1-3H3,(H2,15,16,17);1H. The Hall–Kier alpha value is -0.290. The number of alkyl halides is 3. The Morgan fingerprint density at radius 3 is 2.50 bits per heavy atom.